The third-order valence-electron chi connectivity index (χ3n) is 3.06. The lowest BCUT2D eigenvalue weighted by atomic mass is 10.1. The van der Waals surface area contributed by atoms with Crippen LogP contribution in [0.25, 0.3) is 0 Å². The first-order valence-corrected chi connectivity index (χ1v) is 6.30. The van der Waals surface area contributed by atoms with Gasteiger partial charge in [0.1, 0.15) is 6.04 Å². The standard InChI is InChI=1S/C14H20N2O3/c1-3-12(15)13(17)16(10(2)14(18)19)9-11-7-5-4-6-8-11/h4-8,10,12H,3,9,15H2,1-2H3,(H,18,19)/t10-,12+/m1/s1. The van der Waals surface area contributed by atoms with Crippen molar-refractivity contribution in [2.24, 2.45) is 5.73 Å². The zero-order valence-electron chi connectivity index (χ0n) is 11.2. The maximum absolute atomic E-state index is 12.2. The molecule has 0 radical (unpaired) electrons. The van der Waals surface area contributed by atoms with Gasteiger partial charge in [0, 0.05) is 6.54 Å². The van der Waals surface area contributed by atoms with Gasteiger partial charge >= 0.3 is 5.97 Å². The highest BCUT2D eigenvalue weighted by Crippen LogP contribution is 2.11. The molecule has 0 fully saturated rings. The molecule has 0 saturated carbocycles. The lowest BCUT2D eigenvalue weighted by Gasteiger charge is -2.28. The largest absolute Gasteiger partial charge is 0.480 e. The number of carboxylic acid groups (broad SMARTS) is 1. The summed E-state index contributed by atoms with van der Waals surface area (Å²) in [5.41, 5.74) is 6.61. The van der Waals surface area contributed by atoms with Crippen molar-refractivity contribution in [3.63, 3.8) is 0 Å². The van der Waals surface area contributed by atoms with Gasteiger partial charge in [0.15, 0.2) is 0 Å². The number of rotatable bonds is 6. The van der Waals surface area contributed by atoms with Crippen LogP contribution >= 0.6 is 0 Å². The van der Waals surface area contributed by atoms with Gasteiger partial charge in [-0.05, 0) is 18.9 Å². The van der Waals surface area contributed by atoms with Crippen molar-refractivity contribution < 1.29 is 14.7 Å². The summed E-state index contributed by atoms with van der Waals surface area (Å²) in [5.74, 6) is -1.37. The van der Waals surface area contributed by atoms with Gasteiger partial charge in [0.05, 0.1) is 6.04 Å². The van der Waals surface area contributed by atoms with Crippen LogP contribution in [0.2, 0.25) is 0 Å². The number of carbonyl (C=O) groups excluding carboxylic acids is 1. The topological polar surface area (TPSA) is 83.6 Å². The summed E-state index contributed by atoms with van der Waals surface area (Å²) in [6, 6.07) is 7.72. The van der Waals surface area contributed by atoms with Gasteiger partial charge in [-0.25, -0.2) is 4.79 Å². The minimum atomic E-state index is -1.03. The van der Waals surface area contributed by atoms with Crippen LogP contribution in [0.4, 0.5) is 0 Å². The second-order valence-electron chi connectivity index (χ2n) is 4.48. The van der Waals surface area contributed by atoms with E-state index in [2.05, 4.69) is 0 Å². The fourth-order valence-corrected chi connectivity index (χ4v) is 1.71. The Morgan fingerprint density at radius 1 is 1.32 bits per heavy atom. The van der Waals surface area contributed by atoms with Gasteiger partial charge in [0.2, 0.25) is 5.91 Å². The highest BCUT2D eigenvalue weighted by molar-refractivity contribution is 5.86. The molecule has 0 bridgehead atoms. The van der Waals surface area contributed by atoms with Gasteiger partial charge in [-0.15, -0.1) is 0 Å². The number of carboxylic acids is 1. The molecule has 0 spiro atoms. The first kappa shape index (κ1) is 15.2. The Balaban J connectivity index is 2.93. The SMILES string of the molecule is CC[C@H](N)C(=O)N(Cc1ccccc1)[C@H](C)C(=O)O. The molecule has 0 aromatic heterocycles. The third-order valence-corrected chi connectivity index (χ3v) is 3.06. The number of hydrogen-bond acceptors (Lipinski definition) is 3. The van der Waals surface area contributed by atoms with Gasteiger partial charge in [0.25, 0.3) is 0 Å². The second kappa shape index (κ2) is 6.89. The molecule has 0 saturated heterocycles. The molecule has 19 heavy (non-hydrogen) atoms. The van der Waals surface area contributed by atoms with E-state index in [1.54, 1.807) is 6.92 Å². The molecule has 2 atom stereocenters. The van der Waals surface area contributed by atoms with Crippen LogP contribution in [-0.4, -0.2) is 34.0 Å². The summed E-state index contributed by atoms with van der Waals surface area (Å²) in [5, 5.41) is 9.10. The molecule has 0 heterocycles. The smallest absolute Gasteiger partial charge is 0.326 e. The van der Waals surface area contributed by atoms with E-state index in [9.17, 15) is 9.59 Å². The maximum Gasteiger partial charge on any atom is 0.326 e. The van der Waals surface area contributed by atoms with Crippen molar-refractivity contribution in [3.8, 4) is 0 Å². The Morgan fingerprint density at radius 2 is 1.89 bits per heavy atom. The van der Waals surface area contributed by atoms with E-state index in [4.69, 9.17) is 10.8 Å². The molecule has 5 heteroatoms. The van der Waals surface area contributed by atoms with E-state index >= 15 is 0 Å². The van der Waals surface area contributed by atoms with Crippen molar-refractivity contribution in [2.75, 3.05) is 0 Å². The fraction of sp³-hybridized carbons (Fsp3) is 0.429. The molecule has 1 rings (SSSR count). The molecule has 104 valence electrons. The van der Waals surface area contributed by atoms with Gasteiger partial charge < -0.3 is 15.7 Å². The molecule has 1 amide bonds. The molecule has 0 aliphatic heterocycles. The fourth-order valence-electron chi connectivity index (χ4n) is 1.71. The first-order chi connectivity index (χ1) is 8.97. The van der Waals surface area contributed by atoms with Crippen LogP contribution in [0.3, 0.4) is 0 Å². The van der Waals surface area contributed by atoms with Crippen molar-refractivity contribution >= 4 is 11.9 Å². The lowest BCUT2D eigenvalue weighted by Crippen LogP contribution is -2.49. The number of hydrogen-bond donors (Lipinski definition) is 2. The zero-order chi connectivity index (χ0) is 14.4. The van der Waals surface area contributed by atoms with Crippen LogP contribution in [0.5, 0.6) is 0 Å². The van der Waals surface area contributed by atoms with E-state index in [0.29, 0.717) is 6.42 Å². The Kier molecular flexibility index (Phi) is 5.51. The molecule has 1 aromatic carbocycles. The van der Waals surface area contributed by atoms with E-state index in [1.807, 2.05) is 30.3 Å². The van der Waals surface area contributed by atoms with Crippen LogP contribution < -0.4 is 5.73 Å². The molecule has 0 unspecified atom stereocenters. The van der Waals surface area contributed by atoms with Crippen LogP contribution in [0, 0.1) is 0 Å². The van der Waals surface area contributed by atoms with E-state index in [1.165, 1.54) is 11.8 Å². The number of nitrogens with zero attached hydrogens (tertiary/aromatic N) is 1. The number of carbonyl (C=O) groups is 2. The average Bonchev–Trinajstić information content (AvgIpc) is 2.43. The first-order valence-electron chi connectivity index (χ1n) is 6.30. The molecule has 0 aliphatic rings. The summed E-state index contributed by atoms with van der Waals surface area (Å²) < 4.78 is 0. The zero-order valence-corrected chi connectivity index (χ0v) is 11.2. The van der Waals surface area contributed by atoms with Crippen LogP contribution in [0.15, 0.2) is 30.3 Å². The quantitative estimate of drug-likeness (QED) is 0.809. The number of amides is 1. The molecule has 0 aliphatic carbocycles. The molecular weight excluding hydrogens is 244 g/mol. The summed E-state index contributed by atoms with van der Waals surface area (Å²) in [4.78, 5) is 24.6. The summed E-state index contributed by atoms with van der Waals surface area (Å²) >= 11 is 0. The Hall–Kier alpha value is -1.88. The van der Waals surface area contributed by atoms with E-state index in [-0.39, 0.29) is 12.5 Å². The van der Waals surface area contributed by atoms with Crippen LogP contribution in [0.1, 0.15) is 25.8 Å². The third kappa shape index (κ3) is 4.06. The van der Waals surface area contributed by atoms with Crippen molar-refractivity contribution in [1.29, 1.82) is 0 Å². The normalized spacial score (nSPS) is 13.6. The van der Waals surface area contributed by atoms with Gasteiger partial charge in [-0.3, -0.25) is 4.79 Å². The monoisotopic (exact) mass is 264 g/mol. The number of aliphatic carboxylic acids is 1. The molecular formula is C14H20N2O3. The predicted molar refractivity (Wildman–Crippen MR) is 72.4 cm³/mol. The highest BCUT2D eigenvalue weighted by atomic mass is 16.4. The summed E-state index contributed by atoms with van der Waals surface area (Å²) in [6.07, 6.45) is 0.483. The molecule has 5 nitrogen and oxygen atoms in total. The highest BCUT2D eigenvalue weighted by Gasteiger charge is 2.28. The van der Waals surface area contributed by atoms with E-state index < -0.39 is 18.1 Å². The number of nitrogens with two attached hydrogens (primary N) is 1. The Bertz CT molecular complexity index is 434. The minimum absolute atomic E-state index is 0.251. The van der Waals surface area contributed by atoms with Crippen molar-refractivity contribution in [3.05, 3.63) is 35.9 Å². The number of benzene rings is 1. The molecule has 3 N–H and O–H groups in total. The summed E-state index contributed by atoms with van der Waals surface area (Å²) in [7, 11) is 0. The maximum atomic E-state index is 12.2. The Labute approximate surface area is 113 Å². The summed E-state index contributed by atoms with van der Waals surface area (Å²) in [6.45, 7) is 3.54. The Morgan fingerprint density at radius 3 is 2.37 bits per heavy atom. The molecule has 1 aromatic rings. The second-order valence-corrected chi connectivity index (χ2v) is 4.48. The van der Waals surface area contributed by atoms with Crippen molar-refractivity contribution in [2.45, 2.75) is 38.9 Å². The minimum Gasteiger partial charge on any atom is -0.480 e. The lowest BCUT2D eigenvalue weighted by molar-refractivity contribution is -0.150. The van der Waals surface area contributed by atoms with Crippen LogP contribution in [-0.2, 0) is 16.1 Å². The predicted octanol–water partition coefficient (Wildman–Crippen LogP) is 1.23. The van der Waals surface area contributed by atoms with Crippen molar-refractivity contribution in [1.82, 2.24) is 4.90 Å². The average molecular weight is 264 g/mol. The van der Waals surface area contributed by atoms with E-state index in [0.717, 1.165) is 5.56 Å². The van der Waals surface area contributed by atoms with Gasteiger partial charge in [-0.2, -0.15) is 0 Å². The van der Waals surface area contributed by atoms with Gasteiger partial charge in [-0.1, -0.05) is 37.3 Å².